The maximum Gasteiger partial charge on any atom is -0.00272 e. The second-order valence-corrected chi connectivity index (χ2v) is 5.53. The van der Waals surface area contributed by atoms with Gasteiger partial charge < -0.3 is 0 Å². The Morgan fingerprint density at radius 3 is 2.12 bits per heavy atom. The molecule has 0 aliphatic heterocycles. The van der Waals surface area contributed by atoms with E-state index in [1.807, 2.05) is 0 Å². The van der Waals surface area contributed by atoms with Gasteiger partial charge in [-0.3, -0.25) is 0 Å². The SMILES string of the molecule is CCCCCCCCCCC[C]1C=CCCC1. The van der Waals surface area contributed by atoms with E-state index in [2.05, 4.69) is 19.1 Å². The van der Waals surface area contributed by atoms with E-state index in [0.29, 0.717) is 0 Å². The fourth-order valence-electron chi connectivity index (χ4n) is 2.65. The van der Waals surface area contributed by atoms with Crippen LogP contribution in [0.25, 0.3) is 0 Å². The Morgan fingerprint density at radius 1 is 0.882 bits per heavy atom. The fourth-order valence-corrected chi connectivity index (χ4v) is 2.65. The Hall–Kier alpha value is -0.260. The van der Waals surface area contributed by atoms with Crippen molar-refractivity contribution in [2.24, 2.45) is 0 Å². The highest BCUT2D eigenvalue weighted by atomic mass is 14.1. The first-order valence-corrected chi connectivity index (χ1v) is 7.94. The normalized spacial score (nSPS) is 16.5. The number of unbranched alkanes of at least 4 members (excludes halogenated alkanes) is 8. The van der Waals surface area contributed by atoms with Crippen LogP contribution in [0.4, 0.5) is 0 Å². The van der Waals surface area contributed by atoms with Gasteiger partial charge in [-0.1, -0.05) is 76.9 Å². The molecule has 0 aromatic heterocycles. The second-order valence-electron chi connectivity index (χ2n) is 5.53. The van der Waals surface area contributed by atoms with Crippen LogP contribution in [0.2, 0.25) is 0 Å². The summed E-state index contributed by atoms with van der Waals surface area (Å²) in [5.41, 5.74) is 0. The largest absolute Gasteiger partial charge is 0.0879 e. The monoisotopic (exact) mass is 235 g/mol. The highest BCUT2D eigenvalue weighted by Crippen LogP contribution is 2.24. The second kappa shape index (κ2) is 10.9. The molecule has 0 amide bonds. The maximum atomic E-state index is 2.38. The van der Waals surface area contributed by atoms with Crippen molar-refractivity contribution in [2.45, 2.75) is 90.4 Å². The van der Waals surface area contributed by atoms with Crippen LogP contribution in [0.15, 0.2) is 12.2 Å². The molecule has 99 valence electrons. The molecule has 0 atom stereocenters. The van der Waals surface area contributed by atoms with Gasteiger partial charge in [-0.2, -0.15) is 0 Å². The van der Waals surface area contributed by atoms with Crippen molar-refractivity contribution in [3.63, 3.8) is 0 Å². The van der Waals surface area contributed by atoms with Gasteiger partial charge in [0.2, 0.25) is 0 Å². The highest BCUT2D eigenvalue weighted by molar-refractivity contribution is 5.12. The lowest BCUT2D eigenvalue weighted by atomic mass is 9.91. The molecule has 1 radical (unpaired) electrons. The van der Waals surface area contributed by atoms with Crippen LogP contribution < -0.4 is 0 Å². The summed E-state index contributed by atoms with van der Waals surface area (Å²) < 4.78 is 0. The minimum absolute atomic E-state index is 1.31. The van der Waals surface area contributed by atoms with Gasteiger partial charge in [-0.05, 0) is 31.6 Å². The molecule has 0 bridgehead atoms. The molecular weight excluding hydrogens is 204 g/mol. The van der Waals surface area contributed by atoms with Crippen LogP contribution in [0.5, 0.6) is 0 Å². The van der Waals surface area contributed by atoms with Crippen molar-refractivity contribution >= 4 is 0 Å². The molecule has 0 aromatic rings. The zero-order valence-electron chi connectivity index (χ0n) is 11.8. The van der Waals surface area contributed by atoms with Crippen molar-refractivity contribution in [3.05, 3.63) is 18.1 Å². The standard InChI is InChI=1S/C17H31/c1-2-3-4-5-6-7-8-9-11-14-17-15-12-10-13-16-17/h12,15H,2-11,13-14,16H2,1H3. The molecular formula is C17H31. The zero-order chi connectivity index (χ0) is 12.2. The van der Waals surface area contributed by atoms with Gasteiger partial charge >= 0.3 is 0 Å². The minimum Gasteiger partial charge on any atom is -0.0879 e. The minimum atomic E-state index is 1.31. The van der Waals surface area contributed by atoms with Crippen LogP contribution in [0.3, 0.4) is 0 Å². The molecule has 17 heavy (non-hydrogen) atoms. The summed E-state index contributed by atoms with van der Waals surface area (Å²) in [6.45, 7) is 2.29. The van der Waals surface area contributed by atoms with E-state index >= 15 is 0 Å². The van der Waals surface area contributed by atoms with Crippen LogP contribution in [0, 0.1) is 5.92 Å². The Balaban J connectivity index is 1.78. The molecule has 0 aromatic carbocycles. The summed E-state index contributed by atoms with van der Waals surface area (Å²) in [6, 6.07) is 0. The van der Waals surface area contributed by atoms with Crippen LogP contribution in [-0.4, -0.2) is 0 Å². The third kappa shape index (κ3) is 8.46. The Labute approximate surface area is 109 Å². The van der Waals surface area contributed by atoms with Crippen LogP contribution in [0.1, 0.15) is 90.4 Å². The van der Waals surface area contributed by atoms with Crippen molar-refractivity contribution < 1.29 is 0 Å². The third-order valence-corrected chi connectivity index (χ3v) is 3.82. The Morgan fingerprint density at radius 2 is 1.53 bits per heavy atom. The summed E-state index contributed by atoms with van der Waals surface area (Å²) >= 11 is 0. The molecule has 1 aliphatic carbocycles. The summed E-state index contributed by atoms with van der Waals surface area (Å²) in [4.78, 5) is 0. The molecule has 0 heteroatoms. The highest BCUT2D eigenvalue weighted by Gasteiger charge is 2.07. The van der Waals surface area contributed by atoms with Gasteiger partial charge in [0.05, 0.1) is 0 Å². The maximum absolute atomic E-state index is 2.38. The first kappa shape index (κ1) is 14.8. The molecule has 0 fully saturated rings. The molecule has 0 heterocycles. The van der Waals surface area contributed by atoms with Gasteiger partial charge in [0, 0.05) is 0 Å². The summed E-state index contributed by atoms with van der Waals surface area (Å²) in [5, 5.41) is 0. The van der Waals surface area contributed by atoms with E-state index in [9.17, 15) is 0 Å². The lowest BCUT2D eigenvalue weighted by Gasteiger charge is -2.14. The number of hydrogen-bond donors (Lipinski definition) is 0. The summed E-state index contributed by atoms with van der Waals surface area (Å²) in [6.07, 6.45) is 23.2. The van der Waals surface area contributed by atoms with E-state index in [4.69, 9.17) is 0 Å². The molecule has 0 unspecified atom stereocenters. The van der Waals surface area contributed by atoms with Crippen LogP contribution in [-0.2, 0) is 0 Å². The first-order chi connectivity index (χ1) is 8.43. The lowest BCUT2D eigenvalue weighted by Crippen LogP contribution is -1.97. The van der Waals surface area contributed by atoms with Gasteiger partial charge in [0.15, 0.2) is 0 Å². The predicted molar refractivity (Wildman–Crippen MR) is 78.1 cm³/mol. The van der Waals surface area contributed by atoms with Crippen molar-refractivity contribution in [2.75, 3.05) is 0 Å². The molecule has 0 spiro atoms. The molecule has 0 nitrogen and oxygen atoms in total. The first-order valence-electron chi connectivity index (χ1n) is 7.94. The number of allylic oxidation sites excluding steroid dienone is 2. The van der Waals surface area contributed by atoms with Crippen molar-refractivity contribution in [1.29, 1.82) is 0 Å². The van der Waals surface area contributed by atoms with Gasteiger partial charge in [0.1, 0.15) is 0 Å². The van der Waals surface area contributed by atoms with Crippen molar-refractivity contribution in [1.82, 2.24) is 0 Å². The van der Waals surface area contributed by atoms with Gasteiger partial charge in [-0.15, -0.1) is 0 Å². The lowest BCUT2D eigenvalue weighted by molar-refractivity contribution is 0.554. The third-order valence-electron chi connectivity index (χ3n) is 3.82. The molecule has 0 N–H and O–H groups in total. The van der Waals surface area contributed by atoms with Crippen molar-refractivity contribution in [3.8, 4) is 0 Å². The average Bonchev–Trinajstić information content (AvgIpc) is 2.38. The number of hydrogen-bond acceptors (Lipinski definition) is 0. The predicted octanol–water partition coefficient (Wildman–Crippen LogP) is 6.22. The van der Waals surface area contributed by atoms with E-state index in [-0.39, 0.29) is 0 Å². The smallest absolute Gasteiger partial charge is 0.00272 e. The molecule has 0 saturated carbocycles. The van der Waals surface area contributed by atoms with E-state index in [1.54, 1.807) is 5.92 Å². The number of rotatable bonds is 10. The molecule has 1 aliphatic rings. The van der Waals surface area contributed by atoms with E-state index in [1.165, 1.54) is 83.5 Å². The van der Waals surface area contributed by atoms with E-state index in [0.717, 1.165) is 0 Å². The Bertz CT molecular complexity index is 180. The average molecular weight is 235 g/mol. The summed E-state index contributed by atoms with van der Waals surface area (Å²) in [5.74, 6) is 1.71. The van der Waals surface area contributed by atoms with Crippen LogP contribution >= 0.6 is 0 Å². The quantitative estimate of drug-likeness (QED) is 0.394. The fraction of sp³-hybridized carbons (Fsp3) is 0.824. The topological polar surface area (TPSA) is 0 Å². The molecule has 0 saturated heterocycles. The molecule has 1 rings (SSSR count). The zero-order valence-corrected chi connectivity index (χ0v) is 11.8. The van der Waals surface area contributed by atoms with Gasteiger partial charge in [0.25, 0.3) is 0 Å². The summed E-state index contributed by atoms with van der Waals surface area (Å²) in [7, 11) is 0. The Kier molecular flexibility index (Phi) is 9.46. The van der Waals surface area contributed by atoms with Gasteiger partial charge in [-0.25, -0.2) is 0 Å². The van der Waals surface area contributed by atoms with E-state index < -0.39 is 0 Å².